The van der Waals surface area contributed by atoms with Crippen molar-refractivity contribution < 1.29 is 36.2 Å². The molecular weight excluding hydrogens is 490 g/mol. The van der Waals surface area contributed by atoms with Crippen LogP contribution < -0.4 is 10.1 Å². The number of ether oxygens (including phenoxy) is 1. The lowest BCUT2D eigenvalue weighted by Crippen LogP contribution is -2.53. The zero-order valence-electron chi connectivity index (χ0n) is 19.8. The first-order chi connectivity index (χ1) is 16.8. The molecule has 1 aliphatic heterocycles. The number of imidazole rings is 1. The van der Waals surface area contributed by atoms with Crippen molar-refractivity contribution in [2.24, 2.45) is 0 Å². The quantitative estimate of drug-likeness (QED) is 0.423. The molecule has 3 aromatic rings. The molecule has 0 aliphatic carbocycles. The monoisotopic (exact) mass is 516 g/mol. The maximum Gasteiger partial charge on any atom is 0.418 e. The van der Waals surface area contributed by atoms with Crippen LogP contribution in [0, 0.1) is 5.82 Å². The first-order valence-electron chi connectivity index (χ1n) is 11.4. The van der Waals surface area contributed by atoms with Gasteiger partial charge in [-0.15, -0.1) is 0 Å². The Morgan fingerprint density at radius 1 is 1.19 bits per heavy atom. The third-order valence-corrected chi connectivity index (χ3v) is 6.32. The number of halogens is 6. The average Bonchev–Trinajstić information content (AvgIpc) is 3.20. The Morgan fingerprint density at radius 3 is 2.53 bits per heavy atom. The van der Waals surface area contributed by atoms with Crippen LogP contribution in [0.25, 0.3) is 11.0 Å². The van der Waals surface area contributed by atoms with Gasteiger partial charge in [0.2, 0.25) is 0 Å². The third-order valence-electron chi connectivity index (χ3n) is 6.32. The minimum absolute atomic E-state index is 0.00281. The molecule has 12 heteroatoms. The molecule has 1 aromatic carbocycles. The van der Waals surface area contributed by atoms with Gasteiger partial charge in [-0.1, -0.05) is 0 Å². The smallest absolute Gasteiger partial charge is 0.418 e. The van der Waals surface area contributed by atoms with E-state index in [2.05, 4.69) is 15.3 Å². The third kappa shape index (κ3) is 5.15. The lowest BCUT2D eigenvalue weighted by molar-refractivity contribution is -0.136. The number of pyridine rings is 1. The van der Waals surface area contributed by atoms with Gasteiger partial charge in [0.25, 0.3) is 6.43 Å². The number of nitrogens with one attached hydrogen (secondary N) is 1. The fourth-order valence-corrected chi connectivity index (χ4v) is 4.76. The summed E-state index contributed by atoms with van der Waals surface area (Å²) in [5.41, 5.74) is -3.32. The number of rotatable bonds is 6. The normalized spacial score (nSPS) is 23.1. The number of aliphatic hydroxyl groups is 1. The summed E-state index contributed by atoms with van der Waals surface area (Å²) < 4.78 is 88.5. The van der Waals surface area contributed by atoms with Crippen LogP contribution in [0.5, 0.6) is 5.75 Å². The second kappa shape index (κ2) is 9.55. The summed E-state index contributed by atoms with van der Waals surface area (Å²) in [5, 5.41) is 14.4. The second-order valence-corrected chi connectivity index (χ2v) is 9.49. The molecule has 2 N–H and O–H groups in total. The number of aromatic nitrogens is 3. The van der Waals surface area contributed by atoms with Crippen molar-refractivity contribution in [1.82, 2.24) is 19.9 Å². The van der Waals surface area contributed by atoms with Gasteiger partial charge in [-0.3, -0.25) is 4.98 Å². The zero-order valence-corrected chi connectivity index (χ0v) is 19.8. The summed E-state index contributed by atoms with van der Waals surface area (Å²) in [5.74, 6) is -1.26. The van der Waals surface area contributed by atoms with Crippen molar-refractivity contribution in [2.75, 3.05) is 6.61 Å². The number of piperidine rings is 1. The highest BCUT2D eigenvalue weighted by Crippen LogP contribution is 2.39. The van der Waals surface area contributed by atoms with Crippen LogP contribution in [-0.4, -0.2) is 38.3 Å². The van der Waals surface area contributed by atoms with Crippen LogP contribution in [-0.2, 0) is 11.8 Å². The fraction of sp³-hybridized carbons (Fsp3) is 0.500. The van der Waals surface area contributed by atoms with E-state index < -0.39 is 41.3 Å². The Bertz CT molecular complexity index is 1250. The number of hydrogen-bond acceptors (Lipinski definition) is 5. The van der Waals surface area contributed by atoms with E-state index >= 15 is 0 Å². The molecule has 1 saturated heterocycles. The Balaban J connectivity index is 1.57. The summed E-state index contributed by atoms with van der Waals surface area (Å²) in [6.45, 7) is 5.17. The summed E-state index contributed by atoms with van der Waals surface area (Å²) in [6.07, 6.45) is -5.20. The fourth-order valence-electron chi connectivity index (χ4n) is 4.76. The van der Waals surface area contributed by atoms with Gasteiger partial charge in [0.05, 0.1) is 28.5 Å². The van der Waals surface area contributed by atoms with E-state index in [1.165, 1.54) is 17.0 Å². The molecule has 196 valence electrons. The van der Waals surface area contributed by atoms with Gasteiger partial charge < -0.3 is 19.7 Å². The van der Waals surface area contributed by atoms with E-state index in [1.807, 2.05) is 0 Å². The molecule has 0 saturated carbocycles. The van der Waals surface area contributed by atoms with Gasteiger partial charge >= 0.3 is 6.18 Å². The van der Waals surface area contributed by atoms with Gasteiger partial charge in [0.15, 0.2) is 5.82 Å². The number of hydrogen-bond donors (Lipinski definition) is 2. The van der Waals surface area contributed by atoms with Crippen molar-refractivity contribution >= 4 is 11.0 Å². The number of alkyl halides is 5. The van der Waals surface area contributed by atoms with Crippen LogP contribution in [0.1, 0.15) is 62.9 Å². The van der Waals surface area contributed by atoms with Crippen LogP contribution in [0.2, 0.25) is 0 Å². The van der Waals surface area contributed by atoms with Crippen molar-refractivity contribution in [2.45, 2.75) is 69.9 Å². The first-order valence-corrected chi connectivity index (χ1v) is 11.4. The van der Waals surface area contributed by atoms with Gasteiger partial charge in [-0.2, -0.15) is 13.2 Å². The Morgan fingerprint density at radius 2 is 1.92 bits per heavy atom. The lowest BCUT2D eigenvalue weighted by atomic mass is 9.79. The second-order valence-electron chi connectivity index (χ2n) is 9.49. The van der Waals surface area contributed by atoms with E-state index in [1.54, 1.807) is 20.8 Å². The predicted octanol–water partition coefficient (Wildman–Crippen LogP) is 5.51. The molecule has 0 bridgehead atoms. The highest BCUT2D eigenvalue weighted by atomic mass is 19.4. The topological polar surface area (TPSA) is 72.2 Å². The molecule has 0 radical (unpaired) electrons. The Hall–Kier alpha value is -2.86. The first kappa shape index (κ1) is 26.2. The van der Waals surface area contributed by atoms with Crippen molar-refractivity contribution in [3.63, 3.8) is 0 Å². The molecule has 0 spiro atoms. The highest BCUT2D eigenvalue weighted by Gasteiger charge is 2.40. The Kier molecular flexibility index (Phi) is 6.95. The average molecular weight is 516 g/mol. The van der Waals surface area contributed by atoms with Gasteiger partial charge in [0, 0.05) is 36.0 Å². The lowest BCUT2D eigenvalue weighted by Gasteiger charge is -2.41. The largest absolute Gasteiger partial charge is 0.492 e. The summed E-state index contributed by atoms with van der Waals surface area (Å²) in [6, 6.07) is 2.13. The van der Waals surface area contributed by atoms with Crippen LogP contribution in [0.15, 0.2) is 30.7 Å². The molecule has 1 aliphatic rings. The molecular formula is C24H26F6N4O2. The van der Waals surface area contributed by atoms with Crippen molar-refractivity contribution in [1.29, 1.82) is 0 Å². The predicted molar refractivity (Wildman–Crippen MR) is 119 cm³/mol. The highest BCUT2D eigenvalue weighted by molar-refractivity contribution is 5.81. The van der Waals surface area contributed by atoms with Crippen molar-refractivity contribution in [3.05, 3.63) is 53.4 Å². The van der Waals surface area contributed by atoms with Crippen LogP contribution in [0.3, 0.4) is 0 Å². The van der Waals surface area contributed by atoms with E-state index in [4.69, 9.17) is 4.74 Å². The van der Waals surface area contributed by atoms with Gasteiger partial charge in [0.1, 0.15) is 18.1 Å². The minimum Gasteiger partial charge on any atom is -0.492 e. The number of fused-ring (bicyclic) bond motifs is 1. The maximum atomic E-state index is 14.1. The number of nitrogens with zero attached hydrogens (tertiary/aromatic N) is 3. The molecule has 0 amide bonds. The van der Waals surface area contributed by atoms with E-state index in [9.17, 15) is 31.4 Å². The Labute approximate surface area is 203 Å². The molecule has 36 heavy (non-hydrogen) atoms. The molecule has 2 aromatic heterocycles. The molecule has 3 unspecified atom stereocenters. The molecule has 3 atom stereocenters. The molecule has 1 fully saturated rings. The van der Waals surface area contributed by atoms with Crippen molar-refractivity contribution in [3.8, 4) is 5.75 Å². The summed E-state index contributed by atoms with van der Waals surface area (Å²) >= 11 is 0. The van der Waals surface area contributed by atoms with Gasteiger partial charge in [-0.25, -0.2) is 18.2 Å². The van der Waals surface area contributed by atoms with E-state index in [-0.39, 0.29) is 53.9 Å². The van der Waals surface area contributed by atoms with Gasteiger partial charge in [-0.05, 0) is 45.7 Å². The SMILES string of the molecule is CC1CC(O)(c2cnc(C(F)F)c(F)c2)CC(COc2cc(C(F)(F)F)c3c(c2)ncn3C(C)C)N1. The van der Waals surface area contributed by atoms with E-state index in [0.29, 0.717) is 0 Å². The molecule has 3 heterocycles. The van der Waals surface area contributed by atoms with Crippen LogP contribution >= 0.6 is 0 Å². The minimum atomic E-state index is -4.64. The van der Waals surface area contributed by atoms with E-state index in [0.717, 1.165) is 18.3 Å². The molecule has 4 rings (SSSR count). The maximum absolute atomic E-state index is 14.1. The zero-order chi connectivity index (χ0) is 26.4. The molecule has 6 nitrogen and oxygen atoms in total. The standard InChI is InChI=1S/C24H26F6N4O2/c1-12(2)34-11-32-19-6-16(5-17(21(19)34)24(28,29)30)36-10-15-8-23(35,7-13(3)33-15)14-4-18(25)20(22(26)27)31-9-14/h4-6,9,11-13,15,22,33,35H,7-8,10H2,1-3H3. The number of benzene rings is 1. The van der Waals surface area contributed by atoms with Crippen LogP contribution in [0.4, 0.5) is 26.3 Å². The summed E-state index contributed by atoms with van der Waals surface area (Å²) in [7, 11) is 0. The summed E-state index contributed by atoms with van der Waals surface area (Å²) in [4.78, 5) is 7.57.